The van der Waals surface area contributed by atoms with Gasteiger partial charge in [0.05, 0.1) is 5.69 Å². The van der Waals surface area contributed by atoms with E-state index < -0.39 is 0 Å². The first-order valence-corrected chi connectivity index (χ1v) is 14.1. The summed E-state index contributed by atoms with van der Waals surface area (Å²) in [6.45, 7) is 0. The van der Waals surface area contributed by atoms with Gasteiger partial charge in [-0.25, -0.2) is 0 Å². The second-order valence-corrected chi connectivity index (χ2v) is 10.5. The Labute approximate surface area is 243 Å². The van der Waals surface area contributed by atoms with E-state index in [1.54, 1.807) is 0 Å². The maximum Gasteiger partial charge on any atom is 0.160 e. The van der Waals surface area contributed by atoms with Crippen LogP contribution in [-0.4, -0.2) is 4.98 Å². The first-order chi connectivity index (χ1) is 20.8. The standard InChI is InChI=1S/C39H26N2O/c1-3-10-27(11-4-1)29-18-20-32(21-19-29)41(33-15-9-14-30(24-33)28-12-5-2-6-13-28)36-25-31-26-40-23-22-34(31)38-35-16-7-8-17-37(35)42-39(36)38/h1-26H. The summed E-state index contributed by atoms with van der Waals surface area (Å²) in [6, 6.07) is 51.0. The topological polar surface area (TPSA) is 29.3 Å². The van der Waals surface area contributed by atoms with Crippen LogP contribution in [0.4, 0.5) is 17.1 Å². The van der Waals surface area contributed by atoms with E-state index in [4.69, 9.17) is 4.42 Å². The van der Waals surface area contributed by atoms with E-state index >= 15 is 0 Å². The number of hydrogen-bond acceptors (Lipinski definition) is 3. The molecular weight excluding hydrogens is 512 g/mol. The van der Waals surface area contributed by atoms with E-state index in [1.807, 2.05) is 30.6 Å². The summed E-state index contributed by atoms with van der Waals surface area (Å²) in [6.07, 6.45) is 3.80. The van der Waals surface area contributed by atoms with Crippen molar-refractivity contribution in [3.05, 3.63) is 158 Å². The Balaban J connectivity index is 1.40. The van der Waals surface area contributed by atoms with Crippen molar-refractivity contribution < 1.29 is 4.42 Å². The van der Waals surface area contributed by atoms with Gasteiger partial charge in [0.25, 0.3) is 0 Å². The van der Waals surface area contributed by atoms with Crippen LogP contribution in [0.15, 0.2) is 162 Å². The third-order valence-corrected chi connectivity index (χ3v) is 7.93. The van der Waals surface area contributed by atoms with E-state index in [1.165, 1.54) is 16.7 Å². The summed E-state index contributed by atoms with van der Waals surface area (Å²) in [4.78, 5) is 6.78. The van der Waals surface area contributed by atoms with Gasteiger partial charge in [0.2, 0.25) is 0 Å². The first-order valence-electron chi connectivity index (χ1n) is 14.1. The first kappa shape index (κ1) is 24.2. The Morgan fingerprint density at radius 3 is 1.95 bits per heavy atom. The van der Waals surface area contributed by atoms with E-state index in [0.717, 1.165) is 55.3 Å². The van der Waals surface area contributed by atoms with E-state index in [-0.39, 0.29) is 0 Å². The molecule has 0 spiro atoms. The molecule has 0 radical (unpaired) electrons. The van der Waals surface area contributed by atoms with Crippen LogP contribution < -0.4 is 4.90 Å². The molecular formula is C39H26N2O. The summed E-state index contributed by atoms with van der Waals surface area (Å²) >= 11 is 0. The maximum atomic E-state index is 6.66. The molecule has 42 heavy (non-hydrogen) atoms. The molecule has 0 unspecified atom stereocenters. The molecule has 8 aromatic rings. The summed E-state index contributed by atoms with van der Waals surface area (Å²) < 4.78 is 6.66. The lowest BCUT2D eigenvalue weighted by molar-refractivity contribution is 0.669. The minimum absolute atomic E-state index is 0.854. The average molecular weight is 539 g/mol. The van der Waals surface area contributed by atoms with Gasteiger partial charge >= 0.3 is 0 Å². The molecule has 0 atom stereocenters. The lowest BCUT2D eigenvalue weighted by Gasteiger charge is -2.27. The maximum absolute atomic E-state index is 6.66. The highest BCUT2D eigenvalue weighted by Crippen LogP contribution is 2.46. The molecule has 2 aromatic heterocycles. The molecule has 198 valence electrons. The highest BCUT2D eigenvalue weighted by Gasteiger charge is 2.22. The molecule has 0 bridgehead atoms. The molecule has 0 saturated carbocycles. The fraction of sp³-hybridized carbons (Fsp3) is 0. The Morgan fingerprint density at radius 2 is 1.17 bits per heavy atom. The highest BCUT2D eigenvalue weighted by molar-refractivity contribution is 6.22. The second-order valence-electron chi connectivity index (χ2n) is 10.5. The Morgan fingerprint density at radius 1 is 0.500 bits per heavy atom. The second kappa shape index (κ2) is 10.1. The van der Waals surface area contributed by atoms with Crippen molar-refractivity contribution in [3.63, 3.8) is 0 Å². The molecule has 0 fully saturated rings. The van der Waals surface area contributed by atoms with Crippen LogP contribution in [0.5, 0.6) is 0 Å². The largest absolute Gasteiger partial charge is 0.454 e. The van der Waals surface area contributed by atoms with Crippen molar-refractivity contribution in [2.24, 2.45) is 0 Å². The minimum atomic E-state index is 0.854. The fourth-order valence-corrected chi connectivity index (χ4v) is 5.94. The van der Waals surface area contributed by atoms with Crippen LogP contribution in [0.3, 0.4) is 0 Å². The third-order valence-electron chi connectivity index (χ3n) is 7.93. The zero-order valence-corrected chi connectivity index (χ0v) is 22.8. The Kier molecular flexibility index (Phi) is 5.79. The number of nitrogens with zero attached hydrogens (tertiary/aromatic N) is 2. The van der Waals surface area contributed by atoms with Gasteiger partial charge in [-0.05, 0) is 70.1 Å². The molecule has 0 amide bonds. The summed E-state index contributed by atoms with van der Waals surface area (Å²) in [5, 5.41) is 4.40. The van der Waals surface area contributed by atoms with Crippen molar-refractivity contribution in [3.8, 4) is 22.3 Å². The number of para-hydroxylation sites is 1. The van der Waals surface area contributed by atoms with Crippen LogP contribution in [0, 0.1) is 0 Å². The number of hydrogen-bond donors (Lipinski definition) is 0. The summed E-state index contributed by atoms with van der Waals surface area (Å²) in [5.74, 6) is 0. The molecule has 8 rings (SSSR count). The molecule has 6 aromatic carbocycles. The lowest BCUT2D eigenvalue weighted by Crippen LogP contribution is -2.10. The van der Waals surface area contributed by atoms with Gasteiger partial charge in [-0.2, -0.15) is 0 Å². The van der Waals surface area contributed by atoms with Crippen LogP contribution in [0.25, 0.3) is 55.0 Å². The van der Waals surface area contributed by atoms with E-state index in [2.05, 4.69) is 137 Å². The van der Waals surface area contributed by atoms with Gasteiger partial charge in [-0.1, -0.05) is 103 Å². The summed E-state index contributed by atoms with van der Waals surface area (Å²) in [7, 11) is 0. The van der Waals surface area contributed by atoms with Gasteiger partial charge in [0, 0.05) is 39.9 Å². The van der Waals surface area contributed by atoms with Crippen LogP contribution in [0.1, 0.15) is 0 Å². The zero-order valence-electron chi connectivity index (χ0n) is 22.8. The number of fused-ring (bicyclic) bond motifs is 5. The van der Waals surface area contributed by atoms with Gasteiger partial charge in [0.15, 0.2) is 5.58 Å². The number of benzene rings is 6. The SMILES string of the molecule is c1ccc(-c2ccc(N(c3cccc(-c4ccccc4)c3)c3cc4cnccc4c4c3oc3ccccc34)cc2)cc1. The average Bonchev–Trinajstić information content (AvgIpc) is 3.47. The van der Waals surface area contributed by atoms with Crippen molar-refractivity contribution in [1.82, 2.24) is 4.98 Å². The van der Waals surface area contributed by atoms with Crippen LogP contribution >= 0.6 is 0 Å². The molecule has 3 heteroatoms. The number of furan rings is 1. The van der Waals surface area contributed by atoms with Crippen molar-refractivity contribution in [2.45, 2.75) is 0 Å². The molecule has 0 aliphatic heterocycles. The summed E-state index contributed by atoms with van der Waals surface area (Å²) in [5.41, 5.74) is 9.49. The fourth-order valence-electron chi connectivity index (χ4n) is 5.94. The molecule has 3 nitrogen and oxygen atoms in total. The number of anilines is 3. The highest BCUT2D eigenvalue weighted by atomic mass is 16.3. The van der Waals surface area contributed by atoms with Crippen molar-refractivity contribution >= 4 is 49.8 Å². The van der Waals surface area contributed by atoms with E-state index in [0.29, 0.717) is 0 Å². The zero-order chi connectivity index (χ0) is 27.9. The monoisotopic (exact) mass is 538 g/mol. The third kappa shape index (κ3) is 4.11. The molecule has 0 saturated heterocycles. The molecule has 0 aliphatic carbocycles. The van der Waals surface area contributed by atoms with Gasteiger partial charge in [-0.3, -0.25) is 4.98 Å². The Hall–Kier alpha value is -5.67. The molecule has 0 aliphatic rings. The van der Waals surface area contributed by atoms with Gasteiger partial charge < -0.3 is 9.32 Å². The quantitative estimate of drug-likeness (QED) is 0.218. The molecule has 0 N–H and O–H groups in total. The number of aromatic nitrogens is 1. The predicted octanol–water partition coefficient (Wildman–Crippen LogP) is 10.9. The lowest BCUT2D eigenvalue weighted by atomic mass is 10.0. The van der Waals surface area contributed by atoms with E-state index in [9.17, 15) is 0 Å². The Bertz CT molecular complexity index is 2180. The van der Waals surface area contributed by atoms with Gasteiger partial charge in [-0.15, -0.1) is 0 Å². The van der Waals surface area contributed by atoms with Crippen molar-refractivity contribution in [2.75, 3.05) is 4.90 Å². The van der Waals surface area contributed by atoms with Crippen LogP contribution in [-0.2, 0) is 0 Å². The number of rotatable bonds is 5. The van der Waals surface area contributed by atoms with Crippen molar-refractivity contribution in [1.29, 1.82) is 0 Å². The predicted molar refractivity (Wildman–Crippen MR) is 175 cm³/mol. The van der Waals surface area contributed by atoms with Gasteiger partial charge in [0.1, 0.15) is 5.58 Å². The minimum Gasteiger partial charge on any atom is -0.454 e. The molecule has 2 heterocycles. The smallest absolute Gasteiger partial charge is 0.160 e. The number of pyridine rings is 1. The van der Waals surface area contributed by atoms with Crippen LogP contribution in [0.2, 0.25) is 0 Å². The normalized spacial score (nSPS) is 11.3.